The number of amides is 1. The van der Waals surface area contributed by atoms with Gasteiger partial charge in [0.25, 0.3) is 0 Å². The van der Waals surface area contributed by atoms with Crippen molar-refractivity contribution in [3.63, 3.8) is 0 Å². The minimum absolute atomic E-state index is 0.0458. The average Bonchev–Trinajstić information content (AvgIpc) is 2.37. The molecule has 118 valence electrons. The zero-order chi connectivity index (χ0) is 16.2. The Hall–Kier alpha value is -1.44. The van der Waals surface area contributed by atoms with E-state index in [1.54, 1.807) is 19.1 Å². The van der Waals surface area contributed by atoms with Crippen LogP contribution in [-0.2, 0) is 21.4 Å². The number of carbonyl (C=O) groups is 1. The molecular weight excluding hydrogens is 290 g/mol. The Morgan fingerprint density at radius 3 is 2.38 bits per heavy atom. The fourth-order valence-electron chi connectivity index (χ4n) is 1.83. The van der Waals surface area contributed by atoms with Crippen molar-refractivity contribution in [3.05, 3.63) is 29.3 Å². The van der Waals surface area contributed by atoms with Gasteiger partial charge in [-0.2, -0.15) is 4.72 Å². The largest absolute Gasteiger partial charge is 0.353 e. The Balaban J connectivity index is 2.91. The quantitative estimate of drug-likeness (QED) is 0.717. The topological polar surface area (TPSA) is 101 Å². The van der Waals surface area contributed by atoms with E-state index in [9.17, 15) is 13.2 Å². The second-order valence-electron chi connectivity index (χ2n) is 5.30. The molecule has 1 aromatic rings. The fraction of sp³-hybridized carbons (Fsp3) is 0.500. The van der Waals surface area contributed by atoms with Gasteiger partial charge in [0, 0.05) is 12.6 Å². The SMILES string of the molecule is Cc1cc(S(=O)(=O)NC(C)C(=O)NC(C)C)ccc1CN. The summed E-state index contributed by atoms with van der Waals surface area (Å²) in [5.41, 5.74) is 7.25. The predicted octanol–water partition coefficient (Wildman–Crippen LogP) is 0.645. The third-order valence-electron chi connectivity index (χ3n) is 3.00. The average molecular weight is 313 g/mol. The first kappa shape index (κ1) is 17.6. The molecule has 0 saturated heterocycles. The van der Waals surface area contributed by atoms with Crippen LogP contribution in [0.1, 0.15) is 31.9 Å². The second-order valence-corrected chi connectivity index (χ2v) is 7.01. The highest BCUT2D eigenvalue weighted by atomic mass is 32.2. The van der Waals surface area contributed by atoms with E-state index in [1.807, 2.05) is 13.8 Å². The van der Waals surface area contributed by atoms with E-state index in [0.29, 0.717) is 6.54 Å². The fourth-order valence-corrected chi connectivity index (χ4v) is 3.12. The summed E-state index contributed by atoms with van der Waals surface area (Å²) in [7, 11) is -3.74. The normalized spacial score (nSPS) is 13.2. The summed E-state index contributed by atoms with van der Waals surface area (Å²) >= 11 is 0. The van der Waals surface area contributed by atoms with Gasteiger partial charge in [-0.3, -0.25) is 4.79 Å². The third kappa shape index (κ3) is 4.80. The van der Waals surface area contributed by atoms with Crippen molar-refractivity contribution in [1.82, 2.24) is 10.0 Å². The molecule has 1 rings (SSSR count). The van der Waals surface area contributed by atoms with E-state index in [0.717, 1.165) is 11.1 Å². The summed E-state index contributed by atoms with van der Waals surface area (Å²) < 4.78 is 26.9. The van der Waals surface area contributed by atoms with Crippen molar-refractivity contribution >= 4 is 15.9 Å². The molecule has 0 aliphatic rings. The van der Waals surface area contributed by atoms with Crippen molar-refractivity contribution in [2.75, 3.05) is 0 Å². The van der Waals surface area contributed by atoms with Crippen molar-refractivity contribution in [3.8, 4) is 0 Å². The predicted molar refractivity (Wildman–Crippen MR) is 82.1 cm³/mol. The van der Waals surface area contributed by atoms with Crippen LogP contribution in [0.2, 0.25) is 0 Å². The van der Waals surface area contributed by atoms with Gasteiger partial charge in [0.2, 0.25) is 15.9 Å². The summed E-state index contributed by atoms with van der Waals surface area (Å²) in [4.78, 5) is 11.9. The molecule has 1 aromatic carbocycles. The van der Waals surface area contributed by atoms with Crippen molar-refractivity contribution in [1.29, 1.82) is 0 Å². The first-order valence-electron chi connectivity index (χ1n) is 6.79. The van der Waals surface area contributed by atoms with Crippen LogP contribution in [-0.4, -0.2) is 26.4 Å². The van der Waals surface area contributed by atoms with Gasteiger partial charge in [-0.1, -0.05) is 6.07 Å². The molecule has 7 heteroatoms. The number of nitrogens with two attached hydrogens (primary N) is 1. The van der Waals surface area contributed by atoms with Gasteiger partial charge in [-0.05, 0) is 51.0 Å². The van der Waals surface area contributed by atoms with Crippen molar-refractivity contribution in [2.45, 2.75) is 51.2 Å². The zero-order valence-corrected chi connectivity index (χ0v) is 13.6. The van der Waals surface area contributed by atoms with Gasteiger partial charge in [-0.15, -0.1) is 0 Å². The number of hydrogen-bond acceptors (Lipinski definition) is 4. The lowest BCUT2D eigenvalue weighted by Gasteiger charge is -2.16. The summed E-state index contributed by atoms with van der Waals surface area (Å²) in [6.07, 6.45) is 0. The van der Waals surface area contributed by atoms with Gasteiger partial charge in [0.1, 0.15) is 0 Å². The first-order valence-corrected chi connectivity index (χ1v) is 8.28. The van der Waals surface area contributed by atoms with Crippen molar-refractivity contribution < 1.29 is 13.2 Å². The molecule has 6 nitrogen and oxygen atoms in total. The Morgan fingerprint density at radius 1 is 1.29 bits per heavy atom. The van der Waals surface area contributed by atoms with E-state index >= 15 is 0 Å². The van der Waals surface area contributed by atoms with Gasteiger partial charge >= 0.3 is 0 Å². The van der Waals surface area contributed by atoms with Crippen molar-refractivity contribution in [2.24, 2.45) is 5.73 Å². The third-order valence-corrected chi connectivity index (χ3v) is 4.54. The minimum atomic E-state index is -3.74. The molecule has 0 aliphatic heterocycles. The number of rotatable bonds is 6. The molecule has 1 atom stereocenters. The highest BCUT2D eigenvalue weighted by Gasteiger charge is 2.22. The highest BCUT2D eigenvalue weighted by Crippen LogP contribution is 2.15. The van der Waals surface area contributed by atoms with Crippen LogP contribution in [0.5, 0.6) is 0 Å². The number of carbonyl (C=O) groups excluding carboxylic acids is 1. The van der Waals surface area contributed by atoms with E-state index < -0.39 is 16.1 Å². The van der Waals surface area contributed by atoms with Gasteiger partial charge in [-0.25, -0.2) is 8.42 Å². The maximum Gasteiger partial charge on any atom is 0.241 e. The monoisotopic (exact) mass is 313 g/mol. The number of benzene rings is 1. The van der Waals surface area contributed by atoms with Crippen LogP contribution in [0.15, 0.2) is 23.1 Å². The van der Waals surface area contributed by atoms with Crippen LogP contribution in [0.3, 0.4) is 0 Å². The van der Waals surface area contributed by atoms with E-state index in [4.69, 9.17) is 5.73 Å². The number of nitrogens with one attached hydrogen (secondary N) is 2. The molecule has 0 heterocycles. The standard InChI is InChI=1S/C14H23N3O3S/c1-9(2)16-14(18)11(4)17-21(19,20)13-6-5-12(8-15)10(3)7-13/h5-7,9,11,17H,8,15H2,1-4H3,(H,16,18). The molecule has 1 unspecified atom stereocenters. The summed E-state index contributed by atoms with van der Waals surface area (Å²) in [5.74, 6) is -0.358. The van der Waals surface area contributed by atoms with Gasteiger partial charge in [0.15, 0.2) is 0 Å². The molecule has 21 heavy (non-hydrogen) atoms. The minimum Gasteiger partial charge on any atom is -0.353 e. The Bertz CT molecular complexity index is 612. The number of aryl methyl sites for hydroxylation is 1. The second kappa shape index (κ2) is 7.02. The molecule has 0 bridgehead atoms. The molecule has 0 spiro atoms. The van der Waals surface area contributed by atoms with Gasteiger partial charge < -0.3 is 11.1 Å². The van der Waals surface area contributed by atoms with E-state index in [-0.39, 0.29) is 16.8 Å². The lowest BCUT2D eigenvalue weighted by molar-refractivity contribution is -0.122. The van der Waals surface area contributed by atoms with E-state index in [2.05, 4.69) is 10.0 Å². The Morgan fingerprint density at radius 2 is 1.90 bits per heavy atom. The molecular formula is C14H23N3O3S. The number of hydrogen-bond donors (Lipinski definition) is 3. The first-order chi connectivity index (χ1) is 9.67. The molecule has 4 N–H and O–H groups in total. The highest BCUT2D eigenvalue weighted by molar-refractivity contribution is 7.89. The maximum atomic E-state index is 12.3. The van der Waals surface area contributed by atoms with Crippen LogP contribution in [0.25, 0.3) is 0 Å². The van der Waals surface area contributed by atoms with Gasteiger partial charge in [0.05, 0.1) is 10.9 Å². The maximum absolute atomic E-state index is 12.3. The Labute approximate surface area is 126 Å². The molecule has 0 aromatic heterocycles. The Kier molecular flexibility index (Phi) is 5.88. The summed E-state index contributed by atoms with van der Waals surface area (Å²) in [6.45, 7) is 7.29. The van der Waals surface area contributed by atoms with Crippen LogP contribution < -0.4 is 15.8 Å². The van der Waals surface area contributed by atoms with Crippen LogP contribution in [0, 0.1) is 6.92 Å². The van der Waals surface area contributed by atoms with Crippen LogP contribution in [0.4, 0.5) is 0 Å². The summed E-state index contributed by atoms with van der Waals surface area (Å²) in [6, 6.07) is 3.84. The van der Waals surface area contributed by atoms with E-state index in [1.165, 1.54) is 13.0 Å². The molecule has 0 saturated carbocycles. The molecule has 0 fully saturated rings. The number of sulfonamides is 1. The molecule has 1 amide bonds. The smallest absolute Gasteiger partial charge is 0.241 e. The molecule has 0 radical (unpaired) electrons. The molecule has 0 aliphatic carbocycles. The lowest BCUT2D eigenvalue weighted by Crippen LogP contribution is -2.46. The summed E-state index contributed by atoms with van der Waals surface area (Å²) in [5, 5.41) is 2.66. The zero-order valence-electron chi connectivity index (χ0n) is 12.8. The van der Waals surface area contributed by atoms with Crippen LogP contribution >= 0.6 is 0 Å². The lowest BCUT2D eigenvalue weighted by atomic mass is 10.1.